The van der Waals surface area contributed by atoms with Crippen LogP contribution < -0.4 is 21.3 Å². The number of nitrogens with zero attached hydrogens (tertiary/aromatic N) is 2. The third kappa shape index (κ3) is 4.03. The van der Waals surface area contributed by atoms with Crippen molar-refractivity contribution >= 4 is 23.2 Å². The summed E-state index contributed by atoms with van der Waals surface area (Å²) in [6, 6.07) is 36.6. The predicted molar refractivity (Wildman–Crippen MR) is 128 cm³/mol. The molecule has 1 aliphatic heterocycles. The molecule has 6 rings (SSSR count). The van der Waals surface area contributed by atoms with Crippen LogP contribution in [0.5, 0.6) is 11.6 Å². The van der Waals surface area contributed by atoms with Crippen molar-refractivity contribution in [1.29, 1.82) is 0 Å². The minimum Gasteiger partial charge on any atom is -0.460 e. The molecule has 5 heteroatoms. The molecular weight excluding hydrogens is 586 g/mol. The number of pyridine rings is 2. The van der Waals surface area contributed by atoms with Crippen LogP contribution in [0.25, 0.3) is 22.3 Å². The van der Waals surface area contributed by atoms with Gasteiger partial charge in [0.2, 0.25) is 12.6 Å². The number of fused-ring (bicyclic) bond motifs is 3. The van der Waals surface area contributed by atoms with E-state index < -0.39 is 0 Å². The third-order valence-corrected chi connectivity index (χ3v) is 5.67. The molecule has 5 aromatic rings. The minimum absolute atomic E-state index is 0. The molecule has 0 aliphatic carbocycles. The van der Waals surface area contributed by atoms with Crippen LogP contribution in [0.3, 0.4) is 0 Å². The van der Waals surface area contributed by atoms with Crippen molar-refractivity contribution in [1.82, 2.24) is 9.97 Å². The monoisotopic (exact) mass is 604 g/mol. The molecule has 1 aliphatic rings. The van der Waals surface area contributed by atoms with Gasteiger partial charge < -0.3 is 4.74 Å². The van der Waals surface area contributed by atoms with Crippen molar-refractivity contribution in [2.45, 2.75) is 0 Å². The van der Waals surface area contributed by atoms with E-state index in [1.54, 1.807) is 18.2 Å². The molecule has 0 unspecified atom stereocenters. The van der Waals surface area contributed by atoms with Gasteiger partial charge >= 0.3 is 21.1 Å². The van der Waals surface area contributed by atoms with E-state index in [0.717, 1.165) is 22.2 Å². The maximum Gasteiger partial charge on any atom is 2.00 e. The Bertz CT molecular complexity index is 1480. The van der Waals surface area contributed by atoms with Gasteiger partial charge in [-0.1, -0.05) is 47.4 Å². The van der Waals surface area contributed by atoms with Gasteiger partial charge in [-0.3, -0.25) is 4.98 Å². The molecule has 0 atom stereocenters. The molecule has 3 aromatic carbocycles. The first-order chi connectivity index (χ1) is 16.3. The number of benzene rings is 3. The minimum atomic E-state index is 0. The van der Waals surface area contributed by atoms with E-state index in [9.17, 15) is 0 Å². The zero-order valence-corrected chi connectivity index (χ0v) is 19.7. The van der Waals surface area contributed by atoms with Gasteiger partial charge in [-0.25, -0.2) is 16.1 Å². The van der Waals surface area contributed by atoms with E-state index in [0.29, 0.717) is 11.6 Å². The van der Waals surface area contributed by atoms with Crippen molar-refractivity contribution in [3.63, 3.8) is 0 Å². The molecule has 0 fully saturated rings. The summed E-state index contributed by atoms with van der Waals surface area (Å²) in [4.78, 5) is 8.75. The fourth-order valence-corrected chi connectivity index (χ4v) is 4.28. The molecule has 0 amide bonds. The summed E-state index contributed by atoms with van der Waals surface area (Å²) in [5, 5.41) is 0. The van der Waals surface area contributed by atoms with Crippen LogP contribution in [0.15, 0.2) is 103 Å². The van der Waals surface area contributed by atoms with Crippen molar-refractivity contribution in [3.8, 4) is 33.9 Å². The second-order valence-electron chi connectivity index (χ2n) is 7.61. The first kappa shape index (κ1) is 20.1. The number of hydrogen-bond donors (Lipinski definition) is 0. The van der Waals surface area contributed by atoms with Gasteiger partial charge in [0.15, 0.2) is 0 Å². The zero-order chi connectivity index (χ0) is 22.2. The van der Waals surface area contributed by atoms with Gasteiger partial charge in [0, 0.05) is 29.8 Å². The molecular formula is C28H17BN2OPt. The van der Waals surface area contributed by atoms with Crippen LogP contribution in [0.4, 0.5) is 0 Å². The Kier molecular flexibility index (Phi) is 5.60. The normalized spacial score (nSPS) is 11.8. The van der Waals surface area contributed by atoms with Crippen LogP contribution in [0.1, 0.15) is 1.37 Å². The van der Waals surface area contributed by atoms with Crippen molar-refractivity contribution in [3.05, 3.63) is 115 Å². The summed E-state index contributed by atoms with van der Waals surface area (Å²) in [7, 11) is 0. The molecule has 3 nitrogen and oxygen atoms in total. The SMILES string of the molecule is [2H]c1cccc(Oc2[c-]c(-c3[c-]c4c(cc3)-c3ccccc3B4c3ccccn3)ccc2)n1.[Pt+2]. The van der Waals surface area contributed by atoms with Gasteiger partial charge in [-0.15, -0.1) is 23.8 Å². The maximum absolute atomic E-state index is 7.68. The van der Waals surface area contributed by atoms with E-state index in [-0.39, 0.29) is 34.0 Å². The quantitative estimate of drug-likeness (QED) is 0.225. The molecule has 0 radical (unpaired) electrons. The smallest absolute Gasteiger partial charge is 0.460 e. The van der Waals surface area contributed by atoms with Gasteiger partial charge in [0.25, 0.3) is 0 Å². The Morgan fingerprint density at radius 3 is 2.45 bits per heavy atom. The van der Waals surface area contributed by atoms with E-state index in [4.69, 9.17) is 6.11 Å². The van der Waals surface area contributed by atoms with E-state index >= 15 is 0 Å². The number of ether oxygens (including phenoxy) is 1. The molecule has 2 aromatic heterocycles. The Morgan fingerprint density at radius 1 is 0.727 bits per heavy atom. The van der Waals surface area contributed by atoms with Gasteiger partial charge in [0.05, 0.1) is 1.37 Å². The number of rotatable bonds is 4. The first-order valence-corrected chi connectivity index (χ1v) is 10.5. The molecule has 33 heavy (non-hydrogen) atoms. The second kappa shape index (κ2) is 9.17. The summed E-state index contributed by atoms with van der Waals surface area (Å²) in [6.07, 6.45) is 2.00. The van der Waals surface area contributed by atoms with Crippen LogP contribution in [0.2, 0.25) is 0 Å². The molecule has 158 valence electrons. The average molecular weight is 604 g/mol. The summed E-state index contributed by atoms with van der Waals surface area (Å²) in [5.74, 6) is 0.920. The Balaban J connectivity index is 0.00000241. The molecule has 0 spiro atoms. The Labute approximate surface area is 209 Å². The van der Waals surface area contributed by atoms with Crippen LogP contribution >= 0.6 is 0 Å². The van der Waals surface area contributed by atoms with E-state index in [1.807, 2.05) is 36.5 Å². The Morgan fingerprint density at radius 2 is 1.58 bits per heavy atom. The van der Waals surface area contributed by atoms with Crippen molar-refractivity contribution in [2.75, 3.05) is 0 Å². The van der Waals surface area contributed by atoms with Gasteiger partial charge in [0.1, 0.15) is 0 Å². The van der Waals surface area contributed by atoms with Crippen LogP contribution in [-0.2, 0) is 21.1 Å². The summed E-state index contributed by atoms with van der Waals surface area (Å²) in [5.41, 5.74) is 7.63. The zero-order valence-electron chi connectivity index (χ0n) is 18.4. The standard InChI is InChI=1S/C28H17BN2O.Pt/c1-2-11-25-23(10-1)24-15-14-21(19-26(24)29(25)27-12-3-5-16-30-27)20-8-7-9-22(18-20)32-28-13-4-6-17-31-28;/h1-17H;/q-2;+2/i17D;. The summed E-state index contributed by atoms with van der Waals surface area (Å²) >= 11 is 0. The largest absolute Gasteiger partial charge is 2.00 e. The second-order valence-corrected chi connectivity index (χ2v) is 7.61. The molecule has 0 N–H and O–H groups in total. The fraction of sp³-hybridized carbons (Fsp3) is 0. The summed E-state index contributed by atoms with van der Waals surface area (Å²) < 4.78 is 13.5. The Hall–Kier alpha value is -3.49. The topological polar surface area (TPSA) is 35.0 Å². The third-order valence-electron chi connectivity index (χ3n) is 5.67. The van der Waals surface area contributed by atoms with Gasteiger partial charge in [-0.05, 0) is 18.2 Å². The van der Waals surface area contributed by atoms with Crippen molar-refractivity contribution < 1.29 is 27.2 Å². The van der Waals surface area contributed by atoms with E-state index in [1.165, 1.54) is 16.6 Å². The predicted octanol–water partition coefficient (Wildman–Crippen LogP) is 4.03. The molecule has 0 bridgehead atoms. The number of hydrogen-bond acceptors (Lipinski definition) is 3. The van der Waals surface area contributed by atoms with Gasteiger partial charge in [-0.2, -0.15) is 29.7 Å². The molecule has 0 saturated carbocycles. The molecule has 0 saturated heterocycles. The maximum atomic E-state index is 7.68. The van der Waals surface area contributed by atoms with Crippen LogP contribution in [-0.4, -0.2) is 16.7 Å². The average Bonchev–Trinajstić information content (AvgIpc) is 3.18. The summed E-state index contributed by atoms with van der Waals surface area (Å²) in [6.45, 7) is 0.0424. The van der Waals surface area contributed by atoms with E-state index in [2.05, 4.69) is 64.6 Å². The van der Waals surface area contributed by atoms with Crippen molar-refractivity contribution in [2.24, 2.45) is 0 Å². The fourth-order valence-electron chi connectivity index (χ4n) is 4.28. The van der Waals surface area contributed by atoms with Crippen LogP contribution in [0, 0.1) is 12.1 Å². The number of aromatic nitrogens is 2. The first-order valence-electron chi connectivity index (χ1n) is 11.0. The molecule has 3 heterocycles.